The van der Waals surface area contributed by atoms with Gasteiger partial charge in [0.2, 0.25) is 5.95 Å². The minimum absolute atomic E-state index is 0.0563. The van der Waals surface area contributed by atoms with Gasteiger partial charge >= 0.3 is 0 Å². The van der Waals surface area contributed by atoms with Crippen LogP contribution in [0.15, 0.2) is 97.5 Å². The Morgan fingerprint density at radius 3 is 2.45 bits per heavy atom. The van der Waals surface area contributed by atoms with E-state index in [2.05, 4.69) is 44.6 Å². The van der Waals surface area contributed by atoms with E-state index in [4.69, 9.17) is 0 Å². The molecule has 0 fully saturated rings. The average Bonchev–Trinajstić information content (AvgIpc) is 3.28. The Kier molecular flexibility index (Phi) is 5.51. The summed E-state index contributed by atoms with van der Waals surface area (Å²) in [4.78, 5) is 26.1. The van der Waals surface area contributed by atoms with Crippen LogP contribution in [-0.2, 0) is 0 Å². The molecule has 0 aliphatic rings. The molecule has 33 heavy (non-hydrogen) atoms. The molecule has 5 aromatic rings. The van der Waals surface area contributed by atoms with Crippen LogP contribution < -0.4 is 10.6 Å². The zero-order chi connectivity index (χ0) is 22.6. The molecule has 7 heteroatoms. The van der Waals surface area contributed by atoms with Crippen molar-refractivity contribution < 1.29 is 4.79 Å². The fraction of sp³-hybridized carbons (Fsp3) is 0.0769. The molecule has 0 bridgehead atoms. The van der Waals surface area contributed by atoms with E-state index in [0.717, 1.165) is 16.6 Å². The lowest BCUT2D eigenvalue weighted by Gasteiger charge is -2.14. The van der Waals surface area contributed by atoms with Gasteiger partial charge in [0.05, 0.1) is 17.1 Å². The quantitative estimate of drug-likeness (QED) is 0.382. The van der Waals surface area contributed by atoms with Crippen LogP contribution in [0.5, 0.6) is 0 Å². The highest BCUT2D eigenvalue weighted by Crippen LogP contribution is 2.23. The number of nitrogens with one attached hydrogen (secondary N) is 2. The summed E-state index contributed by atoms with van der Waals surface area (Å²) >= 11 is 0. The molecule has 0 aliphatic heterocycles. The fourth-order valence-corrected chi connectivity index (χ4v) is 3.63. The van der Waals surface area contributed by atoms with Gasteiger partial charge in [-0.25, -0.2) is 9.97 Å². The molecule has 1 atom stereocenters. The number of rotatable bonds is 6. The van der Waals surface area contributed by atoms with Crippen LogP contribution in [0.2, 0.25) is 0 Å². The molecule has 0 radical (unpaired) electrons. The summed E-state index contributed by atoms with van der Waals surface area (Å²) in [6.45, 7) is 2.07. The molecule has 2 aromatic heterocycles. The van der Waals surface area contributed by atoms with Gasteiger partial charge in [-0.3, -0.25) is 9.36 Å². The lowest BCUT2D eigenvalue weighted by atomic mass is 10.1. The van der Waals surface area contributed by atoms with Crippen LogP contribution in [0, 0.1) is 0 Å². The Morgan fingerprint density at radius 2 is 1.67 bits per heavy atom. The summed E-state index contributed by atoms with van der Waals surface area (Å²) in [5.74, 6) is 1.05. The van der Waals surface area contributed by atoms with Gasteiger partial charge in [-0.05, 0) is 48.9 Å². The number of amides is 1. The van der Waals surface area contributed by atoms with Crippen molar-refractivity contribution in [3.8, 4) is 5.82 Å². The SMILES string of the molecule is CC(Nc1nccc(-n2cnc3ccc(NC(=O)c4ccccc4)cc32)n1)c1ccccc1. The Bertz CT molecular complexity index is 1400. The number of hydrogen-bond donors (Lipinski definition) is 2. The largest absolute Gasteiger partial charge is 0.348 e. The molecule has 0 spiro atoms. The molecule has 162 valence electrons. The molecule has 0 aliphatic carbocycles. The predicted octanol–water partition coefficient (Wildman–Crippen LogP) is 5.24. The highest BCUT2D eigenvalue weighted by molar-refractivity contribution is 6.05. The third-order valence-corrected chi connectivity index (χ3v) is 5.37. The highest BCUT2D eigenvalue weighted by Gasteiger charge is 2.12. The second kappa shape index (κ2) is 8.92. The number of aromatic nitrogens is 4. The number of hydrogen-bond acceptors (Lipinski definition) is 5. The van der Waals surface area contributed by atoms with Gasteiger partial charge < -0.3 is 10.6 Å². The van der Waals surface area contributed by atoms with E-state index in [0.29, 0.717) is 23.0 Å². The second-order valence-corrected chi connectivity index (χ2v) is 7.65. The van der Waals surface area contributed by atoms with Crippen molar-refractivity contribution in [3.05, 3.63) is 109 Å². The number of nitrogens with zero attached hydrogens (tertiary/aromatic N) is 4. The normalized spacial score (nSPS) is 11.8. The molecule has 1 amide bonds. The Morgan fingerprint density at radius 1 is 0.909 bits per heavy atom. The molecular weight excluding hydrogens is 412 g/mol. The maximum absolute atomic E-state index is 12.5. The molecular formula is C26H22N6O. The van der Waals surface area contributed by atoms with Crippen molar-refractivity contribution in [1.82, 2.24) is 19.5 Å². The van der Waals surface area contributed by atoms with Crippen LogP contribution in [-0.4, -0.2) is 25.4 Å². The third kappa shape index (κ3) is 4.43. The monoisotopic (exact) mass is 434 g/mol. The van der Waals surface area contributed by atoms with Crippen molar-refractivity contribution in [1.29, 1.82) is 0 Å². The van der Waals surface area contributed by atoms with Crippen molar-refractivity contribution in [2.45, 2.75) is 13.0 Å². The molecule has 2 N–H and O–H groups in total. The topological polar surface area (TPSA) is 84.7 Å². The third-order valence-electron chi connectivity index (χ3n) is 5.37. The summed E-state index contributed by atoms with van der Waals surface area (Å²) < 4.78 is 1.88. The van der Waals surface area contributed by atoms with Gasteiger partial charge in [-0.2, -0.15) is 4.98 Å². The van der Waals surface area contributed by atoms with Gasteiger partial charge in [-0.15, -0.1) is 0 Å². The Balaban J connectivity index is 1.41. The lowest BCUT2D eigenvalue weighted by Crippen LogP contribution is -2.11. The fourth-order valence-electron chi connectivity index (χ4n) is 3.63. The number of fused-ring (bicyclic) bond motifs is 1. The van der Waals surface area contributed by atoms with E-state index < -0.39 is 0 Å². The minimum Gasteiger partial charge on any atom is -0.348 e. The number of benzene rings is 3. The molecule has 3 aromatic carbocycles. The Labute approximate surface area is 191 Å². The molecule has 0 saturated heterocycles. The average molecular weight is 435 g/mol. The van der Waals surface area contributed by atoms with Crippen LogP contribution in [0.1, 0.15) is 28.9 Å². The first-order chi connectivity index (χ1) is 16.2. The maximum atomic E-state index is 12.5. The van der Waals surface area contributed by atoms with Crippen molar-refractivity contribution in [2.24, 2.45) is 0 Å². The summed E-state index contributed by atoms with van der Waals surface area (Å²) in [6, 6.07) is 26.8. The van der Waals surface area contributed by atoms with Crippen LogP contribution in [0.3, 0.4) is 0 Å². The van der Waals surface area contributed by atoms with Gasteiger partial charge in [0.15, 0.2) is 0 Å². The van der Waals surface area contributed by atoms with Gasteiger partial charge in [0.1, 0.15) is 12.1 Å². The van der Waals surface area contributed by atoms with Crippen molar-refractivity contribution >= 4 is 28.6 Å². The number of anilines is 2. The van der Waals surface area contributed by atoms with Gasteiger partial charge in [0.25, 0.3) is 5.91 Å². The van der Waals surface area contributed by atoms with E-state index in [-0.39, 0.29) is 11.9 Å². The van der Waals surface area contributed by atoms with Crippen LogP contribution in [0.4, 0.5) is 11.6 Å². The molecule has 5 rings (SSSR count). The molecule has 0 saturated carbocycles. The first kappa shape index (κ1) is 20.4. The van der Waals surface area contributed by atoms with Crippen molar-refractivity contribution in [3.63, 3.8) is 0 Å². The van der Waals surface area contributed by atoms with E-state index in [1.54, 1.807) is 24.7 Å². The zero-order valence-electron chi connectivity index (χ0n) is 18.0. The predicted molar refractivity (Wildman–Crippen MR) is 130 cm³/mol. The summed E-state index contributed by atoms with van der Waals surface area (Å²) in [6.07, 6.45) is 3.44. The molecule has 1 unspecified atom stereocenters. The van der Waals surface area contributed by atoms with Gasteiger partial charge in [0, 0.05) is 17.4 Å². The smallest absolute Gasteiger partial charge is 0.255 e. The first-order valence-corrected chi connectivity index (χ1v) is 10.7. The summed E-state index contributed by atoms with van der Waals surface area (Å²) in [7, 11) is 0. The number of imidazole rings is 1. The zero-order valence-corrected chi connectivity index (χ0v) is 18.0. The first-order valence-electron chi connectivity index (χ1n) is 10.7. The van der Waals surface area contributed by atoms with E-state index in [1.165, 1.54) is 0 Å². The van der Waals surface area contributed by atoms with E-state index >= 15 is 0 Å². The van der Waals surface area contributed by atoms with Crippen LogP contribution in [0.25, 0.3) is 16.9 Å². The number of carbonyl (C=O) groups excluding carboxylic acids is 1. The maximum Gasteiger partial charge on any atom is 0.255 e. The standard InChI is InChI=1S/C26H22N6O/c1-18(19-8-4-2-5-9-19)29-26-27-15-14-24(31-26)32-17-28-22-13-12-21(16-23(22)32)30-25(33)20-10-6-3-7-11-20/h2-18H,1H3,(H,30,33)(H,27,29,31). The molecule has 2 heterocycles. The van der Waals surface area contributed by atoms with Crippen LogP contribution >= 0.6 is 0 Å². The molecule has 7 nitrogen and oxygen atoms in total. The second-order valence-electron chi connectivity index (χ2n) is 7.65. The van der Waals surface area contributed by atoms with E-state index in [1.807, 2.05) is 65.2 Å². The lowest BCUT2D eigenvalue weighted by molar-refractivity contribution is 0.102. The number of carbonyl (C=O) groups is 1. The Hall–Kier alpha value is -4.52. The highest BCUT2D eigenvalue weighted by atomic mass is 16.1. The summed E-state index contributed by atoms with van der Waals surface area (Å²) in [5.41, 5.74) is 4.08. The van der Waals surface area contributed by atoms with Gasteiger partial charge in [-0.1, -0.05) is 48.5 Å². The van der Waals surface area contributed by atoms with E-state index in [9.17, 15) is 4.79 Å². The minimum atomic E-state index is -0.163. The summed E-state index contributed by atoms with van der Waals surface area (Å²) in [5, 5.41) is 6.30. The van der Waals surface area contributed by atoms with Crippen molar-refractivity contribution in [2.75, 3.05) is 10.6 Å².